The van der Waals surface area contributed by atoms with Crippen LogP contribution in [0.15, 0.2) is 0 Å². The lowest BCUT2D eigenvalue weighted by atomic mass is 10.0. The van der Waals surface area contributed by atoms with Gasteiger partial charge < -0.3 is 20.1 Å². The number of phosphoric ester groups is 1. The molecule has 0 rings (SSSR count). The van der Waals surface area contributed by atoms with Crippen LogP contribution in [0.1, 0.15) is 264 Å². The van der Waals surface area contributed by atoms with Crippen LogP contribution in [0.5, 0.6) is 0 Å². The van der Waals surface area contributed by atoms with Crippen LogP contribution < -0.4 is 5.32 Å². The quantitative estimate of drug-likeness (QED) is 0.0313. The first-order chi connectivity index (χ1) is 28.3. The summed E-state index contributed by atoms with van der Waals surface area (Å²) in [6, 6.07) is 0. The van der Waals surface area contributed by atoms with Crippen LogP contribution in [0, 0.1) is 0 Å². The summed E-state index contributed by atoms with van der Waals surface area (Å²) in [6.07, 6.45) is 47.6. The van der Waals surface area contributed by atoms with Crippen molar-refractivity contribution in [2.24, 2.45) is 0 Å². The van der Waals surface area contributed by atoms with Gasteiger partial charge in [-0.3, -0.25) is 18.6 Å². The zero-order valence-electron chi connectivity index (χ0n) is 38.3. The highest BCUT2D eigenvalue weighted by Crippen LogP contribution is 2.42. The van der Waals surface area contributed by atoms with Crippen molar-refractivity contribution in [3.63, 3.8) is 0 Å². The first-order valence-corrected chi connectivity index (χ1v) is 26.5. The number of esters is 1. The first kappa shape index (κ1) is 57.0. The average molecular weight is 846 g/mol. The van der Waals surface area contributed by atoms with E-state index in [1.54, 1.807) is 0 Å². The zero-order chi connectivity index (χ0) is 42.5. The summed E-state index contributed by atoms with van der Waals surface area (Å²) in [6.45, 7) is 3.62. The maximum atomic E-state index is 12.1. The number of nitrogens with one attached hydrogen (secondary N) is 1. The standard InChI is InChI=1S/C48H96NO8P/c1-3-5-7-9-11-13-15-17-19-20-21-22-23-24-25-27-28-30-32-34-36-38-40-47(51)49-42-43-56-58(53,54)57-45-46(50)44-55-48(52)41-39-37-35-33-31-29-26-18-16-14-12-10-8-6-4-2/h46,50H,3-45H2,1-2H3,(H,49,51)(H,53,54). The second-order valence-corrected chi connectivity index (χ2v) is 18.6. The Morgan fingerprint density at radius 2 is 0.776 bits per heavy atom. The van der Waals surface area contributed by atoms with Gasteiger partial charge in [-0.1, -0.05) is 239 Å². The molecular formula is C48H96NO8P. The highest BCUT2D eigenvalue weighted by molar-refractivity contribution is 7.47. The fourth-order valence-corrected chi connectivity index (χ4v) is 8.26. The Labute approximate surface area is 358 Å². The maximum absolute atomic E-state index is 12.1. The second kappa shape index (κ2) is 45.5. The lowest BCUT2D eigenvalue weighted by Crippen LogP contribution is -2.27. The van der Waals surface area contributed by atoms with Crippen molar-refractivity contribution in [2.45, 2.75) is 270 Å². The third-order valence-corrected chi connectivity index (χ3v) is 12.3. The van der Waals surface area contributed by atoms with Gasteiger partial charge in [-0.15, -0.1) is 0 Å². The minimum Gasteiger partial charge on any atom is -0.463 e. The lowest BCUT2D eigenvalue weighted by Gasteiger charge is -2.15. The van der Waals surface area contributed by atoms with E-state index in [1.807, 2.05) is 0 Å². The van der Waals surface area contributed by atoms with E-state index in [4.69, 9.17) is 13.8 Å². The third-order valence-electron chi connectivity index (χ3n) is 11.3. The van der Waals surface area contributed by atoms with Gasteiger partial charge in [0.15, 0.2) is 0 Å². The second-order valence-electron chi connectivity index (χ2n) is 17.2. The number of phosphoric acid groups is 1. The number of hydrogen-bond acceptors (Lipinski definition) is 7. The number of carbonyl (C=O) groups excluding carboxylic acids is 2. The molecule has 0 heterocycles. The van der Waals surface area contributed by atoms with E-state index in [0.717, 1.165) is 38.5 Å². The SMILES string of the molecule is CCCCCCCCCCCCCCCCCCCCCCCCC(=O)NCCOP(=O)(O)OCC(O)COC(=O)CCCCCCCCCCCCCCCCC. The lowest BCUT2D eigenvalue weighted by molar-refractivity contribution is -0.147. The van der Waals surface area contributed by atoms with Crippen LogP contribution in [0.2, 0.25) is 0 Å². The molecule has 1 amide bonds. The van der Waals surface area contributed by atoms with Gasteiger partial charge in [0.25, 0.3) is 0 Å². The molecule has 58 heavy (non-hydrogen) atoms. The monoisotopic (exact) mass is 846 g/mol. The molecule has 0 aromatic rings. The Morgan fingerprint density at radius 3 is 1.12 bits per heavy atom. The van der Waals surface area contributed by atoms with Gasteiger partial charge in [-0.25, -0.2) is 4.57 Å². The normalized spacial score (nSPS) is 13.1. The fraction of sp³-hybridized carbons (Fsp3) is 0.958. The molecule has 9 nitrogen and oxygen atoms in total. The first-order valence-electron chi connectivity index (χ1n) is 25.0. The van der Waals surface area contributed by atoms with Gasteiger partial charge in [0.2, 0.25) is 5.91 Å². The van der Waals surface area contributed by atoms with Crippen LogP contribution in [0.25, 0.3) is 0 Å². The topological polar surface area (TPSA) is 131 Å². The van der Waals surface area contributed by atoms with E-state index in [0.29, 0.717) is 12.8 Å². The van der Waals surface area contributed by atoms with Crippen molar-refractivity contribution in [3.05, 3.63) is 0 Å². The summed E-state index contributed by atoms with van der Waals surface area (Å²) in [5.74, 6) is -0.499. The molecule has 0 aliphatic rings. The van der Waals surface area contributed by atoms with Crippen molar-refractivity contribution in [3.8, 4) is 0 Å². The number of rotatable bonds is 48. The summed E-state index contributed by atoms with van der Waals surface area (Å²) in [5, 5.41) is 12.7. The smallest absolute Gasteiger partial charge is 0.463 e. The molecule has 0 aromatic heterocycles. The molecule has 0 saturated carbocycles. The van der Waals surface area contributed by atoms with E-state index >= 15 is 0 Å². The molecule has 2 unspecified atom stereocenters. The molecule has 2 atom stereocenters. The van der Waals surface area contributed by atoms with Crippen molar-refractivity contribution in [1.82, 2.24) is 5.32 Å². The van der Waals surface area contributed by atoms with E-state index in [9.17, 15) is 24.2 Å². The van der Waals surface area contributed by atoms with Gasteiger partial charge in [0, 0.05) is 19.4 Å². The summed E-state index contributed by atoms with van der Waals surface area (Å²) in [5.41, 5.74) is 0. The summed E-state index contributed by atoms with van der Waals surface area (Å²) in [4.78, 5) is 34.0. The highest BCUT2D eigenvalue weighted by atomic mass is 31.2. The Bertz CT molecular complexity index is 922. The molecule has 0 aliphatic carbocycles. The third kappa shape index (κ3) is 46.1. The predicted molar refractivity (Wildman–Crippen MR) is 243 cm³/mol. The van der Waals surface area contributed by atoms with Crippen LogP contribution in [0.3, 0.4) is 0 Å². The number of hydrogen-bond donors (Lipinski definition) is 3. The molecule has 0 bridgehead atoms. The number of unbranched alkanes of at least 4 members (excludes halogenated alkanes) is 35. The Hall–Kier alpha value is -0.990. The van der Waals surface area contributed by atoms with Crippen molar-refractivity contribution < 1.29 is 37.9 Å². The molecule has 0 fully saturated rings. The molecule has 0 radical (unpaired) electrons. The molecule has 346 valence electrons. The highest BCUT2D eigenvalue weighted by Gasteiger charge is 2.23. The maximum Gasteiger partial charge on any atom is 0.472 e. The van der Waals surface area contributed by atoms with Gasteiger partial charge >= 0.3 is 13.8 Å². The van der Waals surface area contributed by atoms with Crippen LogP contribution >= 0.6 is 7.82 Å². The molecule has 3 N–H and O–H groups in total. The van der Waals surface area contributed by atoms with E-state index in [1.165, 1.54) is 199 Å². The Morgan fingerprint density at radius 1 is 0.466 bits per heavy atom. The number of aliphatic hydroxyl groups is 1. The zero-order valence-corrected chi connectivity index (χ0v) is 39.2. The van der Waals surface area contributed by atoms with Gasteiger partial charge in [-0.2, -0.15) is 0 Å². The number of aliphatic hydroxyl groups excluding tert-OH is 1. The minimum atomic E-state index is -4.41. The fourth-order valence-electron chi connectivity index (χ4n) is 7.50. The summed E-state index contributed by atoms with van der Waals surface area (Å²) >= 11 is 0. The number of amides is 1. The predicted octanol–water partition coefficient (Wildman–Crippen LogP) is 14.4. The molecule has 0 saturated heterocycles. The van der Waals surface area contributed by atoms with Gasteiger partial charge in [0.05, 0.1) is 13.2 Å². The molecule has 10 heteroatoms. The van der Waals surface area contributed by atoms with E-state index < -0.39 is 26.5 Å². The van der Waals surface area contributed by atoms with E-state index in [2.05, 4.69) is 19.2 Å². The largest absolute Gasteiger partial charge is 0.472 e. The van der Waals surface area contributed by atoms with Crippen LogP contribution in [-0.4, -0.2) is 54.3 Å². The van der Waals surface area contributed by atoms with Crippen molar-refractivity contribution in [2.75, 3.05) is 26.4 Å². The molecule has 0 aliphatic heterocycles. The Kier molecular flexibility index (Phi) is 44.8. The van der Waals surface area contributed by atoms with Crippen LogP contribution in [-0.2, 0) is 27.9 Å². The van der Waals surface area contributed by atoms with Crippen molar-refractivity contribution >= 4 is 19.7 Å². The Balaban J connectivity index is 3.50. The molecule has 0 spiro atoms. The van der Waals surface area contributed by atoms with Gasteiger partial charge in [0.1, 0.15) is 12.7 Å². The number of carbonyl (C=O) groups is 2. The van der Waals surface area contributed by atoms with Crippen molar-refractivity contribution in [1.29, 1.82) is 0 Å². The minimum absolute atomic E-state index is 0.0888. The average Bonchev–Trinajstić information content (AvgIpc) is 3.21. The van der Waals surface area contributed by atoms with Gasteiger partial charge in [-0.05, 0) is 12.8 Å². The number of ether oxygens (including phenoxy) is 1. The summed E-state index contributed by atoms with van der Waals surface area (Å²) in [7, 11) is -4.41. The molecular weight excluding hydrogens is 750 g/mol. The van der Waals surface area contributed by atoms with Crippen LogP contribution in [0.4, 0.5) is 0 Å². The molecule has 0 aromatic carbocycles. The van der Waals surface area contributed by atoms with E-state index in [-0.39, 0.29) is 25.7 Å². The summed E-state index contributed by atoms with van der Waals surface area (Å²) < 4.78 is 27.0.